The fourth-order valence-electron chi connectivity index (χ4n) is 2.00. The van der Waals surface area contributed by atoms with Gasteiger partial charge in [-0.3, -0.25) is 4.98 Å². The van der Waals surface area contributed by atoms with Gasteiger partial charge in [-0.25, -0.2) is 4.79 Å². The molecule has 0 bridgehead atoms. The minimum atomic E-state index is -0.893. The average Bonchev–Trinajstić information content (AvgIpc) is 2.48. The van der Waals surface area contributed by atoms with E-state index in [-0.39, 0.29) is 5.92 Å². The van der Waals surface area contributed by atoms with Gasteiger partial charge in [0.05, 0.1) is 0 Å². The van der Waals surface area contributed by atoms with Crippen LogP contribution in [0.2, 0.25) is 0 Å². The first-order chi connectivity index (χ1) is 9.58. The maximum atomic E-state index is 10.8. The second-order valence-corrected chi connectivity index (χ2v) is 4.78. The molecule has 1 aromatic heterocycles. The highest BCUT2D eigenvalue weighted by Crippen LogP contribution is 2.22. The van der Waals surface area contributed by atoms with Gasteiger partial charge in [0.2, 0.25) is 0 Å². The lowest BCUT2D eigenvalue weighted by Crippen LogP contribution is -1.98. The van der Waals surface area contributed by atoms with Crippen molar-refractivity contribution in [2.75, 3.05) is 0 Å². The quantitative estimate of drug-likeness (QED) is 0.859. The van der Waals surface area contributed by atoms with Crippen LogP contribution < -0.4 is 0 Å². The van der Waals surface area contributed by atoms with Crippen LogP contribution in [0.15, 0.2) is 54.2 Å². The first-order valence-corrected chi connectivity index (χ1v) is 6.50. The molecule has 2 aromatic rings. The number of carboxylic acid groups (broad SMARTS) is 1. The lowest BCUT2D eigenvalue weighted by Gasteiger charge is -2.11. The maximum absolute atomic E-state index is 10.8. The molecule has 1 unspecified atom stereocenters. The van der Waals surface area contributed by atoms with Gasteiger partial charge in [0.25, 0.3) is 0 Å². The van der Waals surface area contributed by atoms with Crippen LogP contribution in [0.5, 0.6) is 0 Å². The molecule has 2 rings (SSSR count). The Bertz CT molecular complexity index is 615. The molecule has 102 valence electrons. The van der Waals surface area contributed by atoms with Crippen molar-refractivity contribution in [3.05, 3.63) is 71.1 Å². The smallest absolute Gasteiger partial charge is 0.331 e. The van der Waals surface area contributed by atoms with Gasteiger partial charge in [0, 0.05) is 23.4 Å². The number of pyridine rings is 1. The SMILES string of the molecule is C/C(=C\c1ccc(C(C)c2ccccn2)cc1)C(=O)O. The molecule has 0 spiro atoms. The monoisotopic (exact) mass is 267 g/mol. The van der Waals surface area contributed by atoms with Crippen LogP contribution in [-0.4, -0.2) is 16.1 Å². The van der Waals surface area contributed by atoms with Gasteiger partial charge in [-0.05, 0) is 36.3 Å². The van der Waals surface area contributed by atoms with E-state index in [0.717, 1.165) is 16.8 Å². The second kappa shape index (κ2) is 6.15. The summed E-state index contributed by atoms with van der Waals surface area (Å²) in [6.45, 7) is 3.70. The molecular weight excluding hydrogens is 250 g/mol. The molecular formula is C17H17NO2. The highest BCUT2D eigenvalue weighted by molar-refractivity contribution is 5.91. The molecule has 0 saturated carbocycles. The van der Waals surface area contributed by atoms with Crippen molar-refractivity contribution in [1.82, 2.24) is 4.98 Å². The van der Waals surface area contributed by atoms with Gasteiger partial charge < -0.3 is 5.11 Å². The van der Waals surface area contributed by atoms with Gasteiger partial charge in [-0.15, -0.1) is 0 Å². The zero-order valence-electron chi connectivity index (χ0n) is 11.6. The molecule has 1 N–H and O–H groups in total. The Labute approximate surface area is 118 Å². The number of aromatic nitrogens is 1. The summed E-state index contributed by atoms with van der Waals surface area (Å²) in [6.07, 6.45) is 3.46. The van der Waals surface area contributed by atoms with Crippen LogP contribution in [-0.2, 0) is 4.79 Å². The Hall–Kier alpha value is -2.42. The highest BCUT2D eigenvalue weighted by atomic mass is 16.4. The number of nitrogens with zero attached hydrogens (tertiary/aromatic N) is 1. The van der Waals surface area contributed by atoms with Crippen molar-refractivity contribution in [1.29, 1.82) is 0 Å². The summed E-state index contributed by atoms with van der Waals surface area (Å²) in [7, 11) is 0. The summed E-state index contributed by atoms with van der Waals surface area (Å²) in [5, 5.41) is 8.86. The Balaban J connectivity index is 2.21. The summed E-state index contributed by atoms with van der Waals surface area (Å²) >= 11 is 0. The van der Waals surface area contributed by atoms with Gasteiger partial charge in [0.15, 0.2) is 0 Å². The number of benzene rings is 1. The Morgan fingerprint density at radius 1 is 1.20 bits per heavy atom. The molecule has 20 heavy (non-hydrogen) atoms. The van der Waals surface area contributed by atoms with E-state index in [0.29, 0.717) is 5.57 Å². The van der Waals surface area contributed by atoms with Crippen molar-refractivity contribution in [2.24, 2.45) is 0 Å². The first-order valence-electron chi connectivity index (χ1n) is 6.50. The third-order valence-electron chi connectivity index (χ3n) is 3.29. The molecule has 1 heterocycles. The van der Waals surface area contributed by atoms with Crippen molar-refractivity contribution >= 4 is 12.0 Å². The summed E-state index contributed by atoms with van der Waals surface area (Å²) in [4.78, 5) is 15.1. The van der Waals surface area contributed by atoms with E-state index in [4.69, 9.17) is 5.11 Å². The van der Waals surface area contributed by atoms with Gasteiger partial charge in [-0.1, -0.05) is 37.3 Å². The second-order valence-electron chi connectivity index (χ2n) is 4.78. The van der Waals surface area contributed by atoms with Gasteiger partial charge in [-0.2, -0.15) is 0 Å². The molecule has 0 saturated heterocycles. The van der Waals surface area contributed by atoms with E-state index in [1.807, 2.05) is 42.5 Å². The molecule has 0 aliphatic carbocycles. The van der Waals surface area contributed by atoms with E-state index in [1.54, 1.807) is 19.2 Å². The van der Waals surface area contributed by atoms with Crippen LogP contribution in [0.3, 0.4) is 0 Å². The molecule has 3 nitrogen and oxygen atoms in total. The maximum Gasteiger partial charge on any atom is 0.331 e. The number of rotatable bonds is 4. The van der Waals surface area contributed by atoms with Crippen LogP contribution in [0, 0.1) is 0 Å². The summed E-state index contributed by atoms with van der Waals surface area (Å²) in [5.74, 6) is -0.675. The fourth-order valence-corrected chi connectivity index (χ4v) is 2.00. The molecule has 0 aliphatic rings. The predicted octanol–water partition coefficient (Wildman–Crippen LogP) is 3.72. The van der Waals surface area contributed by atoms with E-state index in [2.05, 4.69) is 11.9 Å². The predicted molar refractivity (Wildman–Crippen MR) is 79.5 cm³/mol. The lowest BCUT2D eigenvalue weighted by atomic mass is 9.96. The summed E-state index contributed by atoms with van der Waals surface area (Å²) < 4.78 is 0. The molecule has 0 amide bonds. The van der Waals surface area contributed by atoms with Crippen molar-refractivity contribution in [2.45, 2.75) is 19.8 Å². The zero-order valence-corrected chi connectivity index (χ0v) is 11.6. The van der Waals surface area contributed by atoms with E-state index in [1.165, 1.54) is 0 Å². The molecule has 1 aromatic carbocycles. The number of aliphatic carboxylic acids is 1. The first kappa shape index (κ1) is 14.0. The summed E-state index contributed by atoms with van der Waals surface area (Å²) in [6, 6.07) is 13.8. The van der Waals surface area contributed by atoms with Gasteiger partial charge in [0.1, 0.15) is 0 Å². The minimum absolute atomic E-state index is 0.217. The minimum Gasteiger partial charge on any atom is -0.478 e. The topological polar surface area (TPSA) is 50.2 Å². The van der Waals surface area contributed by atoms with Crippen LogP contribution in [0.1, 0.15) is 36.6 Å². The van der Waals surface area contributed by atoms with Crippen molar-refractivity contribution in [3.8, 4) is 0 Å². The third kappa shape index (κ3) is 3.32. The van der Waals surface area contributed by atoms with Crippen LogP contribution in [0.25, 0.3) is 6.08 Å². The lowest BCUT2D eigenvalue weighted by molar-refractivity contribution is -0.132. The number of carboxylic acids is 1. The highest BCUT2D eigenvalue weighted by Gasteiger charge is 2.09. The van der Waals surface area contributed by atoms with Crippen LogP contribution >= 0.6 is 0 Å². The van der Waals surface area contributed by atoms with Gasteiger partial charge >= 0.3 is 5.97 Å². The number of hydrogen-bond acceptors (Lipinski definition) is 2. The third-order valence-corrected chi connectivity index (χ3v) is 3.29. The zero-order chi connectivity index (χ0) is 14.5. The Kier molecular flexibility index (Phi) is 4.31. The van der Waals surface area contributed by atoms with Crippen LogP contribution in [0.4, 0.5) is 0 Å². The molecule has 1 atom stereocenters. The van der Waals surface area contributed by atoms with Crippen molar-refractivity contribution in [3.63, 3.8) is 0 Å². The Morgan fingerprint density at radius 2 is 1.90 bits per heavy atom. The van der Waals surface area contributed by atoms with E-state index < -0.39 is 5.97 Å². The summed E-state index contributed by atoms with van der Waals surface area (Å²) in [5.41, 5.74) is 3.41. The van der Waals surface area contributed by atoms with E-state index in [9.17, 15) is 4.79 Å². The molecule has 0 radical (unpaired) electrons. The standard InChI is InChI=1S/C17H17NO2/c1-12(17(19)20)11-14-6-8-15(9-7-14)13(2)16-5-3-4-10-18-16/h3-11,13H,1-2H3,(H,19,20)/b12-11+. The van der Waals surface area contributed by atoms with E-state index >= 15 is 0 Å². The Morgan fingerprint density at radius 3 is 2.45 bits per heavy atom. The molecule has 0 fully saturated rings. The normalized spacial score (nSPS) is 13.0. The number of hydrogen-bond donors (Lipinski definition) is 1. The average molecular weight is 267 g/mol. The molecule has 3 heteroatoms. The fraction of sp³-hybridized carbons (Fsp3) is 0.176. The largest absolute Gasteiger partial charge is 0.478 e. The van der Waals surface area contributed by atoms with Crippen molar-refractivity contribution < 1.29 is 9.90 Å². The number of carbonyl (C=O) groups is 1. The molecule has 0 aliphatic heterocycles.